The molecule has 2 saturated carbocycles. The summed E-state index contributed by atoms with van der Waals surface area (Å²) in [5.41, 5.74) is 0. The molecule has 0 unspecified atom stereocenters. The number of likely N-dealkylation sites (tertiary alicyclic amines) is 2. The van der Waals surface area contributed by atoms with Crippen molar-refractivity contribution in [1.82, 2.24) is 9.80 Å². The van der Waals surface area contributed by atoms with Crippen molar-refractivity contribution in [1.29, 1.82) is 0 Å². The Kier molecular flexibility index (Phi) is 12.2. The fraction of sp³-hybridized carbons (Fsp3) is 1.00. The van der Waals surface area contributed by atoms with E-state index in [1.165, 1.54) is 116 Å². The molecule has 0 amide bonds. The maximum atomic E-state index is 2.66. The van der Waals surface area contributed by atoms with Gasteiger partial charge >= 0.3 is 0 Å². The summed E-state index contributed by atoms with van der Waals surface area (Å²) in [5, 5.41) is 0. The van der Waals surface area contributed by atoms with Crippen LogP contribution in [0.25, 0.3) is 0 Å². The van der Waals surface area contributed by atoms with Crippen LogP contribution >= 0.6 is 0 Å². The molecule has 2 aliphatic heterocycles. The van der Waals surface area contributed by atoms with Crippen molar-refractivity contribution in [3.63, 3.8) is 0 Å². The van der Waals surface area contributed by atoms with Gasteiger partial charge in [0.15, 0.2) is 0 Å². The van der Waals surface area contributed by atoms with Crippen LogP contribution in [0.1, 0.15) is 131 Å². The number of rotatable bonds is 6. The Morgan fingerprint density at radius 1 is 0.441 bits per heavy atom. The van der Waals surface area contributed by atoms with Gasteiger partial charge in [-0.15, -0.1) is 0 Å². The zero-order valence-corrected chi connectivity index (χ0v) is 24.2. The molecule has 2 heterocycles. The van der Waals surface area contributed by atoms with Crippen molar-refractivity contribution in [2.45, 2.75) is 144 Å². The second-order valence-corrected chi connectivity index (χ2v) is 13.3. The molecule has 200 valence electrons. The van der Waals surface area contributed by atoms with Crippen molar-refractivity contribution in [3.05, 3.63) is 0 Å². The quantitative estimate of drug-likeness (QED) is 0.380. The average Bonchev–Trinajstić information content (AvgIpc) is 2.89. The first-order valence-electron chi connectivity index (χ1n) is 15.9. The first-order valence-corrected chi connectivity index (χ1v) is 15.9. The molecule has 0 aromatic carbocycles. The van der Waals surface area contributed by atoms with Gasteiger partial charge in [-0.2, -0.15) is 0 Å². The topological polar surface area (TPSA) is 6.48 Å². The molecular weight excluding hydrogens is 412 g/mol. The zero-order valence-electron chi connectivity index (χ0n) is 24.2. The summed E-state index contributed by atoms with van der Waals surface area (Å²) in [6.07, 6.45) is 20.9. The Morgan fingerprint density at radius 2 is 0.706 bits per heavy atom. The molecule has 2 aliphatic carbocycles. The standard InChI is InChI=1S/2C16H31N/c2*1-4-14-5-7-15(8-6-14)16-9-11-17(12-10-16)13(2)3/h2*13-16H,4-12H2,1-3H3. The van der Waals surface area contributed by atoms with Gasteiger partial charge < -0.3 is 9.80 Å². The van der Waals surface area contributed by atoms with E-state index in [-0.39, 0.29) is 0 Å². The minimum Gasteiger partial charge on any atom is -0.301 e. The molecule has 34 heavy (non-hydrogen) atoms. The first kappa shape index (κ1) is 28.5. The highest BCUT2D eigenvalue weighted by Gasteiger charge is 2.31. The lowest BCUT2D eigenvalue weighted by Gasteiger charge is -2.40. The summed E-state index contributed by atoms with van der Waals surface area (Å²) in [7, 11) is 0. The average molecular weight is 475 g/mol. The number of hydrogen-bond acceptors (Lipinski definition) is 2. The first-order chi connectivity index (χ1) is 16.4. The van der Waals surface area contributed by atoms with Crippen molar-refractivity contribution < 1.29 is 0 Å². The third-order valence-electron chi connectivity index (χ3n) is 10.9. The van der Waals surface area contributed by atoms with Crippen LogP contribution in [-0.2, 0) is 0 Å². The van der Waals surface area contributed by atoms with Crippen LogP contribution < -0.4 is 0 Å². The summed E-state index contributed by atoms with van der Waals surface area (Å²) >= 11 is 0. The van der Waals surface area contributed by atoms with Gasteiger partial charge in [-0.25, -0.2) is 0 Å². The van der Waals surface area contributed by atoms with E-state index in [9.17, 15) is 0 Å². The summed E-state index contributed by atoms with van der Waals surface area (Å²) in [4.78, 5) is 5.32. The Hall–Kier alpha value is -0.0800. The van der Waals surface area contributed by atoms with E-state index >= 15 is 0 Å². The highest BCUT2D eigenvalue weighted by Crippen LogP contribution is 2.40. The van der Waals surface area contributed by atoms with Crippen LogP contribution in [0.2, 0.25) is 0 Å². The molecule has 0 bridgehead atoms. The molecule has 4 rings (SSSR count). The van der Waals surface area contributed by atoms with Gasteiger partial charge in [0, 0.05) is 12.1 Å². The van der Waals surface area contributed by atoms with E-state index in [1.54, 1.807) is 0 Å². The number of nitrogens with zero attached hydrogens (tertiary/aromatic N) is 2. The van der Waals surface area contributed by atoms with Crippen LogP contribution in [-0.4, -0.2) is 48.1 Å². The predicted octanol–water partition coefficient (Wildman–Crippen LogP) is 8.65. The Balaban J connectivity index is 0.000000191. The van der Waals surface area contributed by atoms with Crippen molar-refractivity contribution >= 4 is 0 Å². The summed E-state index contributed by atoms with van der Waals surface area (Å²) < 4.78 is 0. The molecule has 4 aliphatic rings. The van der Waals surface area contributed by atoms with E-state index in [0.29, 0.717) is 0 Å². The zero-order chi connectivity index (χ0) is 24.5. The highest BCUT2D eigenvalue weighted by molar-refractivity contribution is 4.84. The van der Waals surface area contributed by atoms with Gasteiger partial charge in [-0.05, 0) is 141 Å². The van der Waals surface area contributed by atoms with E-state index < -0.39 is 0 Å². The normalized spacial score (nSPS) is 33.2. The van der Waals surface area contributed by atoms with Gasteiger partial charge in [0.1, 0.15) is 0 Å². The van der Waals surface area contributed by atoms with Crippen molar-refractivity contribution in [2.75, 3.05) is 26.2 Å². The van der Waals surface area contributed by atoms with Crippen LogP contribution in [0.4, 0.5) is 0 Å². The molecule has 0 radical (unpaired) electrons. The molecular formula is C32H62N2. The minimum atomic E-state index is 0.756. The monoisotopic (exact) mass is 474 g/mol. The van der Waals surface area contributed by atoms with E-state index in [0.717, 1.165) is 47.6 Å². The van der Waals surface area contributed by atoms with Crippen LogP contribution in [0, 0.1) is 35.5 Å². The minimum absolute atomic E-state index is 0.756. The molecule has 0 spiro atoms. The molecule has 4 fully saturated rings. The second-order valence-electron chi connectivity index (χ2n) is 13.3. The van der Waals surface area contributed by atoms with Gasteiger partial charge in [0.25, 0.3) is 0 Å². The fourth-order valence-electron chi connectivity index (χ4n) is 7.95. The number of piperidine rings is 2. The van der Waals surface area contributed by atoms with Crippen LogP contribution in [0.15, 0.2) is 0 Å². The molecule has 2 saturated heterocycles. The largest absolute Gasteiger partial charge is 0.301 e. The number of hydrogen-bond donors (Lipinski definition) is 0. The Labute approximate surface area is 215 Å². The molecule has 0 atom stereocenters. The van der Waals surface area contributed by atoms with Gasteiger partial charge in [-0.1, -0.05) is 52.4 Å². The predicted molar refractivity (Wildman–Crippen MR) is 150 cm³/mol. The summed E-state index contributed by atoms with van der Waals surface area (Å²) in [6, 6.07) is 1.51. The van der Waals surface area contributed by atoms with Crippen molar-refractivity contribution in [3.8, 4) is 0 Å². The van der Waals surface area contributed by atoms with Crippen LogP contribution in [0.5, 0.6) is 0 Å². The van der Waals surface area contributed by atoms with E-state index in [1.807, 2.05) is 0 Å². The second kappa shape index (κ2) is 14.6. The van der Waals surface area contributed by atoms with Crippen molar-refractivity contribution in [2.24, 2.45) is 35.5 Å². The van der Waals surface area contributed by atoms with E-state index in [2.05, 4.69) is 51.3 Å². The Bertz CT molecular complexity index is 463. The summed E-state index contributed by atoms with van der Waals surface area (Å²) in [6.45, 7) is 19.5. The molecule has 0 N–H and O–H groups in total. The SMILES string of the molecule is CCC1CCC(C2CCN(C(C)C)CC2)CC1.CCC1CCC(C2CCN(C(C)C)CC2)CC1. The third-order valence-corrected chi connectivity index (χ3v) is 10.9. The fourth-order valence-corrected chi connectivity index (χ4v) is 7.95. The molecule has 2 heteroatoms. The maximum Gasteiger partial charge on any atom is 0.00385 e. The van der Waals surface area contributed by atoms with Gasteiger partial charge in [0.05, 0.1) is 0 Å². The van der Waals surface area contributed by atoms with E-state index in [4.69, 9.17) is 0 Å². The molecule has 2 nitrogen and oxygen atoms in total. The summed E-state index contributed by atoms with van der Waals surface area (Å²) in [5.74, 6) is 6.38. The third kappa shape index (κ3) is 8.50. The Morgan fingerprint density at radius 3 is 0.941 bits per heavy atom. The maximum absolute atomic E-state index is 2.66. The van der Waals surface area contributed by atoms with Crippen LogP contribution in [0.3, 0.4) is 0 Å². The lowest BCUT2D eigenvalue weighted by atomic mass is 9.72. The smallest absolute Gasteiger partial charge is 0.00385 e. The lowest BCUT2D eigenvalue weighted by molar-refractivity contribution is 0.0971. The molecule has 0 aromatic heterocycles. The molecule has 0 aromatic rings. The highest BCUT2D eigenvalue weighted by atomic mass is 15.2. The lowest BCUT2D eigenvalue weighted by Crippen LogP contribution is -2.40. The van der Waals surface area contributed by atoms with Gasteiger partial charge in [0.2, 0.25) is 0 Å². The van der Waals surface area contributed by atoms with Gasteiger partial charge in [-0.3, -0.25) is 0 Å².